The van der Waals surface area contributed by atoms with E-state index >= 15 is 0 Å². The van der Waals surface area contributed by atoms with Crippen LogP contribution in [0.3, 0.4) is 0 Å². The van der Waals surface area contributed by atoms with E-state index in [0.29, 0.717) is 5.56 Å². The van der Waals surface area contributed by atoms with Crippen molar-refractivity contribution in [1.29, 1.82) is 0 Å². The standard InChI is InChI=1S/C14H12F2N2O/c1-8-6-9(2-4-11(8)16)14(19)18-13-7-10(15)3-5-12(13)17/h2-7H,17H2,1H3,(H,18,19). The zero-order valence-electron chi connectivity index (χ0n) is 10.2. The van der Waals surface area contributed by atoms with Gasteiger partial charge in [0.15, 0.2) is 0 Å². The molecule has 98 valence electrons. The predicted molar refractivity (Wildman–Crippen MR) is 69.9 cm³/mol. The van der Waals surface area contributed by atoms with Gasteiger partial charge in [-0.2, -0.15) is 0 Å². The molecule has 3 N–H and O–H groups in total. The van der Waals surface area contributed by atoms with Gasteiger partial charge in [-0.3, -0.25) is 4.79 Å². The smallest absolute Gasteiger partial charge is 0.255 e. The normalized spacial score (nSPS) is 10.3. The summed E-state index contributed by atoms with van der Waals surface area (Å²) in [5.74, 6) is -1.36. The monoisotopic (exact) mass is 262 g/mol. The fourth-order valence-electron chi connectivity index (χ4n) is 1.62. The Labute approximate surface area is 109 Å². The van der Waals surface area contributed by atoms with Crippen molar-refractivity contribution in [2.75, 3.05) is 11.1 Å². The summed E-state index contributed by atoms with van der Waals surface area (Å²) < 4.78 is 26.2. The summed E-state index contributed by atoms with van der Waals surface area (Å²) >= 11 is 0. The van der Waals surface area contributed by atoms with Gasteiger partial charge in [0.1, 0.15) is 11.6 Å². The fraction of sp³-hybridized carbons (Fsp3) is 0.0714. The lowest BCUT2D eigenvalue weighted by molar-refractivity contribution is 0.102. The number of benzene rings is 2. The number of carbonyl (C=O) groups is 1. The molecule has 2 rings (SSSR count). The molecule has 0 atom stereocenters. The van der Waals surface area contributed by atoms with Gasteiger partial charge in [-0.15, -0.1) is 0 Å². The second-order valence-corrected chi connectivity index (χ2v) is 4.15. The highest BCUT2D eigenvalue weighted by molar-refractivity contribution is 6.05. The number of hydrogen-bond donors (Lipinski definition) is 2. The molecule has 19 heavy (non-hydrogen) atoms. The lowest BCUT2D eigenvalue weighted by Gasteiger charge is -2.09. The summed E-state index contributed by atoms with van der Waals surface area (Å²) in [5, 5.41) is 2.49. The number of nitrogens with two attached hydrogens (primary N) is 1. The number of carbonyl (C=O) groups excluding carboxylic acids is 1. The van der Waals surface area contributed by atoms with E-state index in [1.165, 1.54) is 30.3 Å². The molecule has 0 radical (unpaired) electrons. The molecule has 0 saturated heterocycles. The van der Waals surface area contributed by atoms with Crippen molar-refractivity contribution in [3.63, 3.8) is 0 Å². The van der Waals surface area contributed by atoms with E-state index in [0.717, 1.165) is 6.07 Å². The average Bonchev–Trinajstić information content (AvgIpc) is 2.37. The minimum Gasteiger partial charge on any atom is -0.397 e. The fourth-order valence-corrected chi connectivity index (χ4v) is 1.62. The minimum atomic E-state index is -0.500. The van der Waals surface area contributed by atoms with Crippen LogP contribution in [0.1, 0.15) is 15.9 Å². The number of anilines is 2. The first-order chi connectivity index (χ1) is 8.97. The highest BCUT2D eigenvalue weighted by atomic mass is 19.1. The summed E-state index contributed by atoms with van der Waals surface area (Å²) in [6.45, 7) is 1.56. The molecule has 0 spiro atoms. The molecule has 1 amide bonds. The van der Waals surface area contributed by atoms with Crippen molar-refractivity contribution >= 4 is 17.3 Å². The third-order valence-corrected chi connectivity index (χ3v) is 2.68. The molecular weight excluding hydrogens is 250 g/mol. The van der Waals surface area contributed by atoms with Gasteiger partial charge in [-0.1, -0.05) is 0 Å². The van der Waals surface area contributed by atoms with Crippen LogP contribution in [-0.4, -0.2) is 5.91 Å². The van der Waals surface area contributed by atoms with E-state index in [1.54, 1.807) is 6.92 Å². The van der Waals surface area contributed by atoms with E-state index in [-0.39, 0.29) is 22.8 Å². The van der Waals surface area contributed by atoms with Gasteiger partial charge in [-0.25, -0.2) is 8.78 Å². The number of nitrogen functional groups attached to an aromatic ring is 1. The van der Waals surface area contributed by atoms with Crippen LogP contribution >= 0.6 is 0 Å². The maximum atomic E-state index is 13.1. The van der Waals surface area contributed by atoms with Crippen molar-refractivity contribution in [1.82, 2.24) is 0 Å². The maximum absolute atomic E-state index is 13.1. The summed E-state index contributed by atoms with van der Waals surface area (Å²) in [6, 6.07) is 7.67. The molecule has 2 aromatic carbocycles. The van der Waals surface area contributed by atoms with Gasteiger partial charge in [0.05, 0.1) is 11.4 Å². The Morgan fingerprint density at radius 2 is 1.89 bits per heavy atom. The molecule has 2 aromatic rings. The Bertz CT molecular complexity index is 641. The molecule has 0 saturated carbocycles. The summed E-state index contributed by atoms with van der Waals surface area (Å²) in [4.78, 5) is 11.9. The Kier molecular flexibility index (Phi) is 3.46. The van der Waals surface area contributed by atoms with Crippen molar-refractivity contribution in [2.24, 2.45) is 0 Å². The lowest BCUT2D eigenvalue weighted by Crippen LogP contribution is -2.13. The molecule has 0 aliphatic rings. The van der Waals surface area contributed by atoms with E-state index in [9.17, 15) is 13.6 Å². The van der Waals surface area contributed by atoms with Gasteiger partial charge in [0.25, 0.3) is 5.91 Å². The topological polar surface area (TPSA) is 55.1 Å². The van der Waals surface area contributed by atoms with Gasteiger partial charge < -0.3 is 11.1 Å². The zero-order valence-corrected chi connectivity index (χ0v) is 10.2. The Hall–Kier alpha value is -2.43. The number of halogens is 2. The number of nitrogens with one attached hydrogen (secondary N) is 1. The average molecular weight is 262 g/mol. The predicted octanol–water partition coefficient (Wildman–Crippen LogP) is 3.11. The molecular formula is C14H12F2N2O. The van der Waals surface area contributed by atoms with Crippen LogP contribution in [0, 0.1) is 18.6 Å². The van der Waals surface area contributed by atoms with Gasteiger partial charge in [-0.05, 0) is 48.9 Å². The van der Waals surface area contributed by atoms with Crippen LogP contribution in [0.25, 0.3) is 0 Å². The first-order valence-corrected chi connectivity index (χ1v) is 5.60. The molecule has 0 unspecified atom stereocenters. The molecule has 0 heterocycles. The van der Waals surface area contributed by atoms with Crippen LogP contribution in [0.2, 0.25) is 0 Å². The van der Waals surface area contributed by atoms with Crippen molar-refractivity contribution < 1.29 is 13.6 Å². The van der Waals surface area contributed by atoms with E-state index < -0.39 is 11.7 Å². The van der Waals surface area contributed by atoms with Gasteiger partial charge >= 0.3 is 0 Å². The molecule has 0 fully saturated rings. The van der Waals surface area contributed by atoms with Crippen molar-refractivity contribution in [3.8, 4) is 0 Å². The maximum Gasteiger partial charge on any atom is 0.255 e. The number of aryl methyl sites for hydroxylation is 1. The SMILES string of the molecule is Cc1cc(C(=O)Nc2cc(F)ccc2N)ccc1F. The van der Waals surface area contributed by atoms with Gasteiger partial charge in [0, 0.05) is 5.56 Å². The van der Waals surface area contributed by atoms with E-state index in [4.69, 9.17) is 5.73 Å². The lowest BCUT2D eigenvalue weighted by atomic mass is 10.1. The summed E-state index contributed by atoms with van der Waals surface area (Å²) in [6.07, 6.45) is 0. The Balaban J connectivity index is 2.25. The quantitative estimate of drug-likeness (QED) is 0.817. The van der Waals surface area contributed by atoms with Crippen LogP contribution < -0.4 is 11.1 Å². The molecule has 0 bridgehead atoms. The second kappa shape index (κ2) is 5.06. The van der Waals surface area contributed by atoms with E-state index in [2.05, 4.69) is 5.32 Å². The van der Waals surface area contributed by atoms with Crippen LogP contribution in [0.15, 0.2) is 36.4 Å². The molecule has 3 nitrogen and oxygen atoms in total. The van der Waals surface area contributed by atoms with Crippen LogP contribution in [0.5, 0.6) is 0 Å². The summed E-state index contributed by atoms with van der Waals surface area (Å²) in [5.41, 5.74) is 6.71. The first kappa shape index (κ1) is 13.0. The van der Waals surface area contributed by atoms with Gasteiger partial charge in [0.2, 0.25) is 0 Å². The summed E-state index contributed by atoms with van der Waals surface area (Å²) in [7, 11) is 0. The van der Waals surface area contributed by atoms with Crippen molar-refractivity contribution in [2.45, 2.75) is 6.92 Å². The Morgan fingerprint density at radius 1 is 1.16 bits per heavy atom. The Morgan fingerprint density at radius 3 is 2.58 bits per heavy atom. The largest absolute Gasteiger partial charge is 0.397 e. The van der Waals surface area contributed by atoms with E-state index in [1.807, 2.05) is 0 Å². The third kappa shape index (κ3) is 2.88. The number of amides is 1. The molecule has 0 aromatic heterocycles. The van der Waals surface area contributed by atoms with Crippen molar-refractivity contribution in [3.05, 3.63) is 59.2 Å². The third-order valence-electron chi connectivity index (χ3n) is 2.68. The zero-order chi connectivity index (χ0) is 14.0. The number of hydrogen-bond acceptors (Lipinski definition) is 2. The molecule has 5 heteroatoms. The van der Waals surface area contributed by atoms with Crippen LogP contribution in [0.4, 0.5) is 20.2 Å². The highest BCUT2D eigenvalue weighted by Gasteiger charge is 2.10. The number of rotatable bonds is 2. The highest BCUT2D eigenvalue weighted by Crippen LogP contribution is 2.20. The second-order valence-electron chi connectivity index (χ2n) is 4.15. The van der Waals surface area contributed by atoms with Crippen LogP contribution in [-0.2, 0) is 0 Å². The minimum absolute atomic E-state index is 0.187. The molecule has 0 aliphatic heterocycles. The first-order valence-electron chi connectivity index (χ1n) is 5.60. The molecule has 0 aliphatic carbocycles.